The van der Waals surface area contributed by atoms with Gasteiger partial charge in [0.2, 0.25) is 11.8 Å². The maximum absolute atomic E-state index is 11.5. The monoisotopic (exact) mass is 230 g/mol. The number of hydrogen-bond acceptors (Lipinski definition) is 4. The molecule has 0 aromatic rings. The molecule has 0 radical (unpaired) electrons. The SMILES string of the molecule is O=C1CC(C(=O)NC(CCO)C(=O)O)CN1. The van der Waals surface area contributed by atoms with Crippen LogP contribution in [-0.2, 0) is 14.4 Å². The highest BCUT2D eigenvalue weighted by molar-refractivity contribution is 5.91. The second kappa shape index (κ2) is 5.45. The van der Waals surface area contributed by atoms with Gasteiger partial charge in [-0.2, -0.15) is 0 Å². The topological polar surface area (TPSA) is 116 Å². The molecule has 90 valence electrons. The molecule has 4 N–H and O–H groups in total. The normalized spacial score (nSPS) is 21.3. The molecule has 0 aromatic heterocycles. The quantitative estimate of drug-likeness (QED) is 0.439. The van der Waals surface area contributed by atoms with Gasteiger partial charge in [0.1, 0.15) is 6.04 Å². The molecule has 0 bridgehead atoms. The maximum atomic E-state index is 11.5. The molecular formula is C9H14N2O5. The smallest absolute Gasteiger partial charge is 0.326 e. The Balaban J connectivity index is 2.48. The number of carbonyl (C=O) groups excluding carboxylic acids is 2. The number of rotatable bonds is 5. The molecule has 1 rings (SSSR count). The van der Waals surface area contributed by atoms with Crippen molar-refractivity contribution in [2.45, 2.75) is 18.9 Å². The zero-order valence-electron chi connectivity index (χ0n) is 8.60. The number of carboxylic acids is 1. The van der Waals surface area contributed by atoms with Crippen molar-refractivity contribution >= 4 is 17.8 Å². The number of carboxylic acid groups (broad SMARTS) is 1. The highest BCUT2D eigenvalue weighted by atomic mass is 16.4. The van der Waals surface area contributed by atoms with Crippen molar-refractivity contribution in [1.82, 2.24) is 10.6 Å². The van der Waals surface area contributed by atoms with E-state index in [9.17, 15) is 14.4 Å². The minimum absolute atomic E-state index is 0.0465. The van der Waals surface area contributed by atoms with Gasteiger partial charge in [-0.15, -0.1) is 0 Å². The van der Waals surface area contributed by atoms with E-state index in [-0.39, 0.29) is 31.9 Å². The Morgan fingerprint density at radius 2 is 2.25 bits per heavy atom. The van der Waals surface area contributed by atoms with Gasteiger partial charge in [-0.05, 0) is 0 Å². The fraction of sp³-hybridized carbons (Fsp3) is 0.667. The molecule has 1 heterocycles. The van der Waals surface area contributed by atoms with Crippen molar-refractivity contribution in [3.8, 4) is 0 Å². The Morgan fingerprint density at radius 1 is 1.56 bits per heavy atom. The largest absolute Gasteiger partial charge is 0.480 e. The third-order valence-electron chi connectivity index (χ3n) is 2.38. The second-order valence-electron chi connectivity index (χ2n) is 3.62. The van der Waals surface area contributed by atoms with E-state index in [4.69, 9.17) is 10.2 Å². The van der Waals surface area contributed by atoms with Gasteiger partial charge in [0.15, 0.2) is 0 Å². The third-order valence-corrected chi connectivity index (χ3v) is 2.38. The molecule has 7 heteroatoms. The van der Waals surface area contributed by atoms with Crippen molar-refractivity contribution in [3.63, 3.8) is 0 Å². The van der Waals surface area contributed by atoms with Gasteiger partial charge in [0, 0.05) is 26.0 Å². The number of amides is 2. The summed E-state index contributed by atoms with van der Waals surface area (Å²) >= 11 is 0. The summed E-state index contributed by atoms with van der Waals surface area (Å²) in [5, 5.41) is 22.1. The van der Waals surface area contributed by atoms with Crippen LogP contribution in [0.2, 0.25) is 0 Å². The van der Waals surface area contributed by atoms with Crippen LogP contribution in [0.15, 0.2) is 0 Å². The lowest BCUT2D eigenvalue weighted by atomic mass is 10.1. The van der Waals surface area contributed by atoms with Gasteiger partial charge in [-0.1, -0.05) is 0 Å². The van der Waals surface area contributed by atoms with Gasteiger partial charge in [-0.3, -0.25) is 9.59 Å². The summed E-state index contributed by atoms with van der Waals surface area (Å²) < 4.78 is 0. The van der Waals surface area contributed by atoms with Crippen LogP contribution in [0, 0.1) is 5.92 Å². The van der Waals surface area contributed by atoms with Crippen LogP contribution in [-0.4, -0.2) is 47.2 Å². The molecule has 0 spiro atoms. The van der Waals surface area contributed by atoms with Crippen molar-refractivity contribution in [2.75, 3.05) is 13.2 Å². The Hall–Kier alpha value is -1.63. The maximum Gasteiger partial charge on any atom is 0.326 e. The number of hydrogen-bond donors (Lipinski definition) is 4. The van der Waals surface area contributed by atoms with Crippen LogP contribution in [0.4, 0.5) is 0 Å². The first-order valence-corrected chi connectivity index (χ1v) is 4.95. The highest BCUT2D eigenvalue weighted by Crippen LogP contribution is 2.09. The van der Waals surface area contributed by atoms with E-state index in [0.717, 1.165) is 0 Å². The van der Waals surface area contributed by atoms with E-state index in [1.54, 1.807) is 0 Å². The lowest BCUT2D eigenvalue weighted by Gasteiger charge is -2.15. The molecule has 0 aromatic carbocycles. The second-order valence-corrected chi connectivity index (χ2v) is 3.62. The van der Waals surface area contributed by atoms with Gasteiger partial charge in [-0.25, -0.2) is 4.79 Å². The predicted molar refractivity (Wildman–Crippen MR) is 52.4 cm³/mol. The molecule has 2 atom stereocenters. The van der Waals surface area contributed by atoms with Crippen LogP contribution in [0.25, 0.3) is 0 Å². The van der Waals surface area contributed by atoms with Crippen LogP contribution < -0.4 is 10.6 Å². The van der Waals surface area contributed by atoms with Crippen molar-refractivity contribution < 1.29 is 24.6 Å². The minimum atomic E-state index is -1.19. The summed E-state index contributed by atoms with van der Waals surface area (Å²) in [6.45, 7) is -0.0881. The molecule has 7 nitrogen and oxygen atoms in total. The molecule has 0 saturated carbocycles. The summed E-state index contributed by atoms with van der Waals surface area (Å²) in [5.74, 6) is -2.40. The predicted octanol–water partition coefficient (Wildman–Crippen LogP) is -1.93. The molecule has 1 aliphatic heterocycles. The number of aliphatic hydroxyl groups is 1. The van der Waals surface area contributed by atoms with Crippen molar-refractivity contribution in [1.29, 1.82) is 0 Å². The first-order chi connectivity index (χ1) is 7.54. The van der Waals surface area contributed by atoms with E-state index in [2.05, 4.69) is 10.6 Å². The lowest BCUT2D eigenvalue weighted by Crippen LogP contribution is -2.44. The third kappa shape index (κ3) is 3.20. The zero-order chi connectivity index (χ0) is 12.1. The average molecular weight is 230 g/mol. The minimum Gasteiger partial charge on any atom is -0.480 e. The average Bonchev–Trinajstić information content (AvgIpc) is 2.64. The molecule has 1 aliphatic rings. The standard InChI is InChI=1S/C9H14N2O5/c12-2-1-6(9(15)16)11-8(14)5-3-7(13)10-4-5/h5-6,12H,1-4H2,(H,10,13)(H,11,14)(H,15,16). The number of nitrogens with one attached hydrogen (secondary N) is 2. The number of carbonyl (C=O) groups is 3. The first kappa shape index (κ1) is 12.4. The van der Waals surface area contributed by atoms with Gasteiger partial charge >= 0.3 is 5.97 Å². The van der Waals surface area contributed by atoms with E-state index in [1.165, 1.54) is 0 Å². The van der Waals surface area contributed by atoms with Crippen LogP contribution in [0.3, 0.4) is 0 Å². The Labute approximate surface area is 91.8 Å². The number of aliphatic hydroxyl groups excluding tert-OH is 1. The summed E-state index contributed by atoms with van der Waals surface area (Å²) in [4.78, 5) is 33.1. The lowest BCUT2D eigenvalue weighted by molar-refractivity contribution is -0.142. The Kier molecular flexibility index (Phi) is 4.24. The summed E-state index contributed by atoms with van der Waals surface area (Å²) in [6, 6.07) is -1.10. The van der Waals surface area contributed by atoms with E-state index in [1.807, 2.05) is 0 Å². The Bertz CT molecular complexity index is 304. The van der Waals surface area contributed by atoms with E-state index in [0.29, 0.717) is 0 Å². The fourth-order valence-corrected chi connectivity index (χ4v) is 1.47. The van der Waals surface area contributed by atoms with E-state index >= 15 is 0 Å². The summed E-state index contributed by atoms with van der Waals surface area (Å²) in [6.07, 6.45) is 0.0342. The molecule has 0 aliphatic carbocycles. The molecule has 2 unspecified atom stereocenters. The molecule has 1 fully saturated rings. The Morgan fingerprint density at radius 3 is 2.69 bits per heavy atom. The fourth-order valence-electron chi connectivity index (χ4n) is 1.47. The van der Waals surface area contributed by atoms with Gasteiger partial charge < -0.3 is 20.8 Å². The highest BCUT2D eigenvalue weighted by Gasteiger charge is 2.30. The molecule has 2 amide bonds. The van der Waals surface area contributed by atoms with Crippen molar-refractivity contribution in [2.24, 2.45) is 5.92 Å². The molecule has 1 saturated heterocycles. The van der Waals surface area contributed by atoms with Crippen molar-refractivity contribution in [3.05, 3.63) is 0 Å². The van der Waals surface area contributed by atoms with E-state index < -0.39 is 23.8 Å². The summed E-state index contributed by atoms with van der Waals surface area (Å²) in [5.41, 5.74) is 0. The van der Waals surface area contributed by atoms with Crippen LogP contribution in [0.5, 0.6) is 0 Å². The first-order valence-electron chi connectivity index (χ1n) is 4.95. The summed E-state index contributed by atoms with van der Waals surface area (Å²) in [7, 11) is 0. The van der Waals surface area contributed by atoms with Crippen LogP contribution in [0.1, 0.15) is 12.8 Å². The molecular weight excluding hydrogens is 216 g/mol. The van der Waals surface area contributed by atoms with Crippen LogP contribution >= 0.6 is 0 Å². The zero-order valence-corrected chi connectivity index (χ0v) is 8.60. The van der Waals surface area contributed by atoms with Gasteiger partial charge in [0.25, 0.3) is 0 Å². The number of aliphatic carboxylic acids is 1. The molecule has 16 heavy (non-hydrogen) atoms. The van der Waals surface area contributed by atoms with Gasteiger partial charge in [0.05, 0.1) is 5.92 Å².